The van der Waals surface area contributed by atoms with Gasteiger partial charge in [-0.2, -0.15) is 27.2 Å². The molecule has 0 bridgehead atoms. The highest BCUT2D eigenvalue weighted by Crippen LogP contribution is 2.42. The second-order valence-electron chi connectivity index (χ2n) is 5.44. The first-order valence-corrected chi connectivity index (χ1v) is 8.02. The lowest BCUT2D eigenvalue weighted by Gasteiger charge is -2.44. The van der Waals surface area contributed by atoms with Crippen molar-refractivity contribution in [2.45, 2.75) is 37.3 Å². The molecule has 1 aromatic rings. The van der Waals surface area contributed by atoms with Gasteiger partial charge < -0.3 is 4.74 Å². The molecule has 7 heteroatoms. The lowest BCUT2D eigenvalue weighted by Crippen LogP contribution is -2.46. The van der Waals surface area contributed by atoms with Crippen molar-refractivity contribution in [2.75, 3.05) is 18.1 Å². The number of ether oxygens (including phenoxy) is 1. The van der Waals surface area contributed by atoms with Crippen molar-refractivity contribution in [3.05, 3.63) is 11.9 Å². The van der Waals surface area contributed by atoms with Crippen LogP contribution in [0.15, 0.2) is 6.20 Å². The van der Waals surface area contributed by atoms with Crippen LogP contribution in [-0.2, 0) is 4.74 Å². The van der Waals surface area contributed by atoms with Crippen molar-refractivity contribution in [3.63, 3.8) is 0 Å². The van der Waals surface area contributed by atoms with Gasteiger partial charge in [0.25, 0.3) is 0 Å². The predicted octanol–water partition coefficient (Wildman–Crippen LogP) is 1.00. The summed E-state index contributed by atoms with van der Waals surface area (Å²) in [5.74, 6) is 8.61. The third-order valence-electron chi connectivity index (χ3n) is 4.34. The lowest BCUT2D eigenvalue weighted by atomic mass is 9.78. The SMILES string of the molecule is NNC(c1cn[nH]n1)C1CCOC2(CCSCC2)C1. The number of hydrogen-bond acceptors (Lipinski definition) is 6. The maximum Gasteiger partial charge on any atom is 0.101 e. The standard InChI is InChI=1S/C12H21N5OS/c13-15-11(10-8-14-17-16-10)9-1-4-18-12(7-9)2-5-19-6-3-12/h8-9,11,15H,1-7,13H2,(H,14,16,17). The number of nitrogens with zero attached hydrogens (tertiary/aromatic N) is 2. The highest BCUT2D eigenvalue weighted by Gasteiger charge is 2.41. The Labute approximate surface area is 117 Å². The molecule has 0 radical (unpaired) electrons. The fraction of sp³-hybridized carbons (Fsp3) is 0.833. The number of rotatable bonds is 3. The highest BCUT2D eigenvalue weighted by molar-refractivity contribution is 7.99. The molecule has 106 valence electrons. The summed E-state index contributed by atoms with van der Waals surface area (Å²) in [6, 6.07) is 0.0640. The number of hydrazine groups is 1. The molecular formula is C12H21N5OS. The fourth-order valence-corrected chi connectivity index (χ4v) is 4.50. The van der Waals surface area contributed by atoms with Crippen molar-refractivity contribution < 1.29 is 4.74 Å². The Morgan fingerprint density at radius 1 is 1.53 bits per heavy atom. The van der Waals surface area contributed by atoms with E-state index in [0.717, 1.165) is 38.0 Å². The van der Waals surface area contributed by atoms with Crippen molar-refractivity contribution in [1.82, 2.24) is 20.8 Å². The number of H-pyrrole nitrogens is 1. The Morgan fingerprint density at radius 3 is 3.05 bits per heavy atom. The largest absolute Gasteiger partial charge is 0.375 e. The molecular weight excluding hydrogens is 262 g/mol. The molecule has 1 spiro atoms. The van der Waals surface area contributed by atoms with Gasteiger partial charge >= 0.3 is 0 Å². The Bertz CT molecular complexity index is 387. The molecule has 0 amide bonds. The molecule has 19 heavy (non-hydrogen) atoms. The van der Waals surface area contributed by atoms with E-state index in [2.05, 4.69) is 20.8 Å². The first-order chi connectivity index (χ1) is 9.33. The van der Waals surface area contributed by atoms with E-state index in [1.54, 1.807) is 6.20 Å². The maximum atomic E-state index is 6.12. The van der Waals surface area contributed by atoms with E-state index in [-0.39, 0.29) is 11.6 Å². The number of hydrogen-bond donors (Lipinski definition) is 3. The third-order valence-corrected chi connectivity index (χ3v) is 5.32. The monoisotopic (exact) mass is 283 g/mol. The summed E-state index contributed by atoms with van der Waals surface area (Å²) >= 11 is 2.03. The third kappa shape index (κ3) is 2.79. The average molecular weight is 283 g/mol. The van der Waals surface area contributed by atoms with Gasteiger partial charge in [0.2, 0.25) is 0 Å². The van der Waals surface area contributed by atoms with E-state index in [9.17, 15) is 0 Å². The van der Waals surface area contributed by atoms with Gasteiger partial charge in [0.1, 0.15) is 5.69 Å². The molecule has 2 unspecified atom stereocenters. The van der Waals surface area contributed by atoms with E-state index in [1.807, 2.05) is 11.8 Å². The van der Waals surface area contributed by atoms with E-state index in [1.165, 1.54) is 11.5 Å². The van der Waals surface area contributed by atoms with Gasteiger partial charge in [0.15, 0.2) is 0 Å². The maximum absolute atomic E-state index is 6.12. The molecule has 4 N–H and O–H groups in total. The summed E-state index contributed by atoms with van der Waals surface area (Å²) in [7, 11) is 0. The molecule has 2 atom stereocenters. The molecule has 0 aromatic carbocycles. The van der Waals surface area contributed by atoms with Crippen LogP contribution < -0.4 is 11.3 Å². The molecule has 2 fully saturated rings. The van der Waals surface area contributed by atoms with E-state index in [4.69, 9.17) is 10.6 Å². The summed E-state index contributed by atoms with van der Waals surface area (Å²) in [4.78, 5) is 0. The van der Waals surface area contributed by atoms with Gasteiger partial charge in [-0.3, -0.25) is 11.3 Å². The van der Waals surface area contributed by atoms with Crippen LogP contribution in [0.25, 0.3) is 0 Å². The van der Waals surface area contributed by atoms with Gasteiger partial charge in [-0.15, -0.1) is 0 Å². The topological polar surface area (TPSA) is 88.8 Å². The highest BCUT2D eigenvalue weighted by atomic mass is 32.2. The molecule has 3 heterocycles. The summed E-state index contributed by atoms with van der Waals surface area (Å²) in [6.07, 6.45) is 6.16. The Kier molecular flexibility index (Phi) is 4.07. The molecule has 2 saturated heterocycles. The first kappa shape index (κ1) is 13.4. The minimum Gasteiger partial charge on any atom is -0.375 e. The van der Waals surface area contributed by atoms with Crippen LogP contribution in [0.2, 0.25) is 0 Å². The quantitative estimate of drug-likeness (QED) is 0.566. The second kappa shape index (κ2) is 5.78. The predicted molar refractivity (Wildman–Crippen MR) is 74.4 cm³/mol. The summed E-state index contributed by atoms with van der Waals surface area (Å²) in [5, 5.41) is 10.7. The molecule has 1 aromatic heterocycles. The van der Waals surface area contributed by atoms with Crippen LogP contribution in [0.5, 0.6) is 0 Å². The van der Waals surface area contributed by atoms with Crippen LogP contribution in [0.1, 0.15) is 37.4 Å². The van der Waals surface area contributed by atoms with Crippen molar-refractivity contribution >= 4 is 11.8 Å². The number of thioether (sulfide) groups is 1. The van der Waals surface area contributed by atoms with Crippen LogP contribution >= 0.6 is 11.8 Å². The van der Waals surface area contributed by atoms with Gasteiger partial charge in [-0.1, -0.05) is 0 Å². The van der Waals surface area contributed by atoms with E-state index >= 15 is 0 Å². The van der Waals surface area contributed by atoms with Gasteiger partial charge in [0, 0.05) is 6.61 Å². The van der Waals surface area contributed by atoms with Gasteiger partial charge in [-0.25, -0.2) is 0 Å². The molecule has 6 nitrogen and oxygen atoms in total. The number of aromatic amines is 1. The first-order valence-electron chi connectivity index (χ1n) is 6.86. The van der Waals surface area contributed by atoms with Crippen LogP contribution in [0.4, 0.5) is 0 Å². The molecule has 0 saturated carbocycles. The van der Waals surface area contributed by atoms with Crippen molar-refractivity contribution in [3.8, 4) is 0 Å². The Balaban J connectivity index is 1.73. The summed E-state index contributed by atoms with van der Waals surface area (Å²) < 4.78 is 6.12. The molecule has 3 rings (SSSR count). The lowest BCUT2D eigenvalue weighted by molar-refractivity contribution is -0.107. The van der Waals surface area contributed by atoms with E-state index in [0.29, 0.717) is 5.92 Å². The number of nitrogens with two attached hydrogens (primary N) is 1. The van der Waals surface area contributed by atoms with Crippen LogP contribution in [0.3, 0.4) is 0 Å². The molecule has 2 aliphatic rings. The average Bonchev–Trinajstić information content (AvgIpc) is 2.95. The molecule has 0 aliphatic carbocycles. The van der Waals surface area contributed by atoms with Crippen LogP contribution in [-0.4, -0.2) is 39.1 Å². The zero-order valence-corrected chi connectivity index (χ0v) is 11.8. The van der Waals surface area contributed by atoms with E-state index < -0.39 is 0 Å². The smallest absolute Gasteiger partial charge is 0.101 e. The number of nitrogens with one attached hydrogen (secondary N) is 2. The van der Waals surface area contributed by atoms with Crippen molar-refractivity contribution in [1.29, 1.82) is 0 Å². The summed E-state index contributed by atoms with van der Waals surface area (Å²) in [5.41, 5.74) is 3.89. The Hall–Kier alpha value is -0.630. The summed E-state index contributed by atoms with van der Waals surface area (Å²) in [6.45, 7) is 0.825. The molecule has 2 aliphatic heterocycles. The van der Waals surface area contributed by atoms with Crippen molar-refractivity contribution in [2.24, 2.45) is 11.8 Å². The minimum atomic E-state index is 0.0640. The Morgan fingerprint density at radius 2 is 2.37 bits per heavy atom. The normalized spacial score (nSPS) is 28.4. The zero-order chi connectivity index (χ0) is 13.1. The number of aromatic nitrogens is 3. The van der Waals surface area contributed by atoms with Crippen LogP contribution in [0, 0.1) is 5.92 Å². The minimum absolute atomic E-state index is 0.0640. The van der Waals surface area contributed by atoms with Gasteiger partial charge in [-0.05, 0) is 43.1 Å². The van der Waals surface area contributed by atoms with Gasteiger partial charge in [0.05, 0.1) is 17.8 Å². The second-order valence-corrected chi connectivity index (χ2v) is 6.66. The zero-order valence-electron chi connectivity index (χ0n) is 11.0. The fourth-order valence-electron chi connectivity index (χ4n) is 3.27.